The van der Waals surface area contributed by atoms with Gasteiger partial charge in [0.15, 0.2) is 0 Å². The van der Waals surface area contributed by atoms with Crippen molar-refractivity contribution in [2.75, 3.05) is 32.6 Å². The van der Waals surface area contributed by atoms with Gasteiger partial charge in [0, 0.05) is 68.2 Å². The van der Waals surface area contributed by atoms with Gasteiger partial charge in [0.1, 0.15) is 11.4 Å². The number of esters is 1. The van der Waals surface area contributed by atoms with Gasteiger partial charge >= 0.3 is 5.97 Å². The molecule has 0 aliphatic carbocycles. The molecule has 0 atom stereocenters. The third-order valence-electron chi connectivity index (χ3n) is 10.5. The summed E-state index contributed by atoms with van der Waals surface area (Å²) in [6.45, 7) is 3.68. The van der Waals surface area contributed by atoms with E-state index in [-0.39, 0.29) is 5.97 Å². The van der Waals surface area contributed by atoms with Crippen LogP contribution in [0, 0.1) is 0 Å². The normalized spacial score (nSPS) is 16.8. The second-order valence-electron chi connectivity index (χ2n) is 13.8. The molecule has 8 bridgehead atoms. The highest BCUT2D eigenvalue weighted by Gasteiger charge is 2.30. The van der Waals surface area contributed by atoms with Crippen LogP contribution in [0.2, 0.25) is 5.02 Å². The van der Waals surface area contributed by atoms with E-state index in [2.05, 4.69) is 46.2 Å². The van der Waals surface area contributed by atoms with E-state index in [0.717, 1.165) is 108 Å². The first-order chi connectivity index (χ1) is 23.8. The Balaban J connectivity index is 1.27. The molecule has 5 aromatic rings. The number of hydrogen-bond donors (Lipinski definition) is 1. The lowest BCUT2D eigenvalue weighted by Crippen LogP contribution is -2.19. The number of halogens is 1. The maximum atomic E-state index is 13.4. The lowest BCUT2D eigenvalue weighted by Gasteiger charge is -2.23. The van der Waals surface area contributed by atoms with Crippen LogP contribution < -0.4 is 10.1 Å². The van der Waals surface area contributed by atoms with Crippen molar-refractivity contribution in [1.82, 2.24) is 29.0 Å². The Morgan fingerprint density at radius 1 is 0.959 bits per heavy atom. The first-order valence-corrected chi connectivity index (χ1v) is 17.9. The van der Waals surface area contributed by atoms with E-state index >= 15 is 0 Å². The number of aromatic nitrogens is 5. The van der Waals surface area contributed by atoms with Gasteiger partial charge in [-0.1, -0.05) is 23.7 Å². The summed E-state index contributed by atoms with van der Waals surface area (Å²) in [5, 5.41) is 15.3. The van der Waals surface area contributed by atoms with Crippen LogP contribution >= 0.6 is 11.6 Å². The fourth-order valence-corrected chi connectivity index (χ4v) is 8.54. The van der Waals surface area contributed by atoms with E-state index in [1.54, 1.807) is 0 Å². The quantitative estimate of drug-likeness (QED) is 0.209. The van der Waals surface area contributed by atoms with Crippen molar-refractivity contribution in [2.45, 2.75) is 71.0 Å². The lowest BCUT2D eigenvalue weighted by molar-refractivity contribution is 0.0589. The molecule has 10 nitrogen and oxygen atoms in total. The van der Waals surface area contributed by atoms with Gasteiger partial charge in [-0.25, -0.2) is 4.79 Å². The van der Waals surface area contributed by atoms with Crippen LogP contribution in [0.1, 0.15) is 69.2 Å². The number of benzene rings is 2. The molecule has 256 valence electrons. The van der Waals surface area contributed by atoms with Crippen LogP contribution in [0.4, 0.5) is 5.69 Å². The molecule has 0 saturated heterocycles. The summed E-state index contributed by atoms with van der Waals surface area (Å²) >= 11 is 7.16. The Morgan fingerprint density at radius 3 is 2.69 bits per heavy atom. The topological polar surface area (TPSA) is 91.4 Å². The SMILES string of the molecule is COC(=O)c1c2c3ccc(Cl)c(c3n1C)-c1c(nn3c1CCC3)CN(C)Cc1cc(n(C)n1)CCc1cc3c(c(c1)OCCC2)NCCC3. The van der Waals surface area contributed by atoms with E-state index < -0.39 is 0 Å². The van der Waals surface area contributed by atoms with Gasteiger partial charge in [-0.15, -0.1) is 0 Å². The molecule has 0 saturated carbocycles. The molecule has 6 heterocycles. The van der Waals surface area contributed by atoms with Crippen LogP contribution in [0.5, 0.6) is 5.75 Å². The summed E-state index contributed by atoms with van der Waals surface area (Å²) in [4.78, 5) is 15.7. The van der Waals surface area contributed by atoms with Crippen molar-refractivity contribution < 1.29 is 14.3 Å². The summed E-state index contributed by atoms with van der Waals surface area (Å²) in [5.41, 5.74) is 12.6. The molecule has 3 aromatic heterocycles. The number of carbonyl (C=O) groups is 1. The number of aryl methyl sites for hydroxylation is 7. The number of hydrogen-bond acceptors (Lipinski definition) is 7. The average molecular weight is 682 g/mol. The van der Waals surface area contributed by atoms with Crippen molar-refractivity contribution in [3.8, 4) is 16.9 Å². The van der Waals surface area contributed by atoms with Crippen molar-refractivity contribution in [3.63, 3.8) is 0 Å². The summed E-state index contributed by atoms with van der Waals surface area (Å²) in [6.07, 6.45) is 7.32. The lowest BCUT2D eigenvalue weighted by atomic mass is 9.96. The molecule has 0 fully saturated rings. The van der Waals surface area contributed by atoms with Crippen LogP contribution in [-0.4, -0.2) is 62.3 Å². The fraction of sp³-hybridized carbons (Fsp3) is 0.447. The molecule has 3 aliphatic rings. The Labute approximate surface area is 291 Å². The molecule has 49 heavy (non-hydrogen) atoms. The minimum absolute atomic E-state index is 0.355. The molecule has 0 spiro atoms. The number of fused-ring (bicyclic) bond motifs is 10. The largest absolute Gasteiger partial charge is 0.491 e. The number of anilines is 1. The van der Waals surface area contributed by atoms with Gasteiger partial charge in [0.2, 0.25) is 0 Å². The molecular weight excluding hydrogens is 638 g/mol. The van der Waals surface area contributed by atoms with Crippen LogP contribution in [0.3, 0.4) is 0 Å². The van der Waals surface area contributed by atoms with Crippen LogP contribution in [0.25, 0.3) is 22.0 Å². The Kier molecular flexibility index (Phi) is 8.40. The summed E-state index contributed by atoms with van der Waals surface area (Å²) in [5.74, 6) is 0.556. The van der Waals surface area contributed by atoms with Crippen molar-refractivity contribution >= 4 is 34.2 Å². The van der Waals surface area contributed by atoms with Crippen LogP contribution in [0.15, 0.2) is 30.3 Å². The zero-order valence-electron chi connectivity index (χ0n) is 28.9. The maximum absolute atomic E-state index is 13.4. The predicted octanol–water partition coefficient (Wildman–Crippen LogP) is 6.26. The molecule has 3 aliphatic heterocycles. The van der Waals surface area contributed by atoms with Gasteiger partial charge in [-0.3, -0.25) is 14.3 Å². The maximum Gasteiger partial charge on any atom is 0.354 e. The predicted molar refractivity (Wildman–Crippen MR) is 192 cm³/mol. The standard InChI is InChI=1S/C38H44ClN7O3/c1-43-21-25-20-26(45(3)41-25)12-11-23-18-24-8-5-15-40-35(24)32(19-23)49-17-7-9-27-28-13-14-29(39)33(36(28)44(2)37(27)38(47)48-4)34-30(22-43)42-46-16-6-10-31(34)46/h13-14,18-20,40H,5-12,15-17,21-22H2,1-4H3. The smallest absolute Gasteiger partial charge is 0.354 e. The zero-order chi connectivity index (χ0) is 33.8. The van der Waals surface area contributed by atoms with E-state index in [9.17, 15) is 4.79 Å². The van der Waals surface area contributed by atoms with Crippen molar-refractivity contribution in [3.05, 3.63) is 80.5 Å². The van der Waals surface area contributed by atoms with E-state index in [0.29, 0.717) is 36.8 Å². The molecule has 11 heteroatoms. The molecule has 2 aromatic carbocycles. The van der Waals surface area contributed by atoms with Gasteiger partial charge < -0.3 is 19.4 Å². The number of nitrogens with one attached hydrogen (secondary N) is 1. The zero-order valence-corrected chi connectivity index (χ0v) is 29.6. The second kappa shape index (κ2) is 12.9. The average Bonchev–Trinajstić information content (AvgIpc) is 3.83. The summed E-state index contributed by atoms with van der Waals surface area (Å²) < 4.78 is 18.1. The minimum atomic E-state index is -0.355. The number of ether oxygens (including phenoxy) is 2. The van der Waals surface area contributed by atoms with Gasteiger partial charge in [0.05, 0.1) is 41.3 Å². The summed E-state index contributed by atoms with van der Waals surface area (Å²) in [6, 6.07) is 10.8. The Morgan fingerprint density at radius 2 is 1.84 bits per heavy atom. The first kappa shape index (κ1) is 32.0. The van der Waals surface area contributed by atoms with Gasteiger partial charge in [-0.2, -0.15) is 10.2 Å². The number of carbonyl (C=O) groups excluding carboxylic acids is 1. The third kappa shape index (κ3) is 5.68. The first-order valence-electron chi connectivity index (χ1n) is 17.5. The van der Waals surface area contributed by atoms with Gasteiger partial charge in [-0.05, 0) is 93.3 Å². The Bertz CT molecular complexity index is 2090. The monoisotopic (exact) mass is 681 g/mol. The van der Waals surface area contributed by atoms with E-state index in [1.165, 1.54) is 29.6 Å². The van der Waals surface area contributed by atoms with E-state index in [1.807, 2.05) is 29.4 Å². The second-order valence-corrected chi connectivity index (χ2v) is 14.2. The minimum Gasteiger partial charge on any atom is -0.491 e. The molecular formula is C38H44ClN7O3. The highest BCUT2D eigenvalue weighted by atomic mass is 35.5. The molecule has 0 amide bonds. The molecule has 1 N–H and O–H groups in total. The molecule has 0 radical (unpaired) electrons. The fourth-order valence-electron chi connectivity index (χ4n) is 8.29. The highest BCUT2D eigenvalue weighted by molar-refractivity contribution is 6.35. The highest BCUT2D eigenvalue weighted by Crippen LogP contribution is 2.44. The van der Waals surface area contributed by atoms with Crippen molar-refractivity contribution in [1.29, 1.82) is 0 Å². The molecule has 8 rings (SSSR count). The number of nitrogens with zero attached hydrogens (tertiary/aromatic N) is 6. The molecule has 0 unspecified atom stereocenters. The van der Waals surface area contributed by atoms with Crippen LogP contribution in [-0.2, 0) is 70.6 Å². The van der Waals surface area contributed by atoms with Crippen molar-refractivity contribution in [2.24, 2.45) is 14.1 Å². The summed E-state index contributed by atoms with van der Waals surface area (Å²) in [7, 11) is 7.56. The number of methoxy groups -OCH3 is 1. The number of rotatable bonds is 1. The third-order valence-corrected chi connectivity index (χ3v) is 10.8. The Hall–Kier alpha value is -4.28. The van der Waals surface area contributed by atoms with E-state index in [4.69, 9.17) is 31.3 Å². The van der Waals surface area contributed by atoms with Gasteiger partial charge in [0.25, 0.3) is 0 Å².